The zero-order valence-electron chi connectivity index (χ0n) is 8.86. The third-order valence-corrected chi connectivity index (χ3v) is 4.88. The summed E-state index contributed by atoms with van der Waals surface area (Å²) in [5.74, 6) is 0.550. The van der Waals surface area contributed by atoms with E-state index in [0.29, 0.717) is 5.82 Å². The summed E-state index contributed by atoms with van der Waals surface area (Å²) in [4.78, 5) is 6.77. The van der Waals surface area contributed by atoms with E-state index in [1.807, 2.05) is 0 Å². The molecule has 0 fully saturated rings. The summed E-state index contributed by atoms with van der Waals surface area (Å²) in [7, 11) is -2.22. The van der Waals surface area contributed by atoms with Gasteiger partial charge in [-0.2, -0.15) is 4.31 Å². The average molecular weight is 274 g/mol. The van der Waals surface area contributed by atoms with Crippen molar-refractivity contribution in [2.45, 2.75) is 10.9 Å². The maximum atomic E-state index is 12.0. The van der Waals surface area contributed by atoms with Crippen LogP contribution in [0, 0.1) is 0 Å². The summed E-state index contributed by atoms with van der Waals surface area (Å²) in [5, 5.41) is 7.12. The van der Waals surface area contributed by atoms with Crippen LogP contribution in [0.4, 0.5) is 5.13 Å². The van der Waals surface area contributed by atoms with Gasteiger partial charge in [-0.3, -0.25) is 0 Å². The highest BCUT2D eigenvalue weighted by molar-refractivity contribution is 7.91. The van der Waals surface area contributed by atoms with Gasteiger partial charge in [-0.1, -0.05) is 11.3 Å². The van der Waals surface area contributed by atoms with Crippen molar-refractivity contribution in [2.24, 2.45) is 0 Å². The van der Waals surface area contributed by atoms with Crippen LogP contribution in [0.25, 0.3) is 0 Å². The van der Waals surface area contributed by atoms with Gasteiger partial charge in [-0.15, -0.1) is 10.2 Å². The van der Waals surface area contributed by atoms with Crippen LogP contribution in [0.1, 0.15) is 5.82 Å². The standard InChI is InChI=1S/C7H10N6O2S2/c1-13(4-5-9-2-3-10-5)17(14,15)7-12-11-6(8)16-7/h2-3H,4H2,1H3,(H2,8,11)(H,9,10). The normalized spacial score (nSPS) is 12.1. The van der Waals surface area contributed by atoms with E-state index in [0.717, 1.165) is 15.6 Å². The van der Waals surface area contributed by atoms with E-state index in [4.69, 9.17) is 5.73 Å². The van der Waals surface area contributed by atoms with Gasteiger partial charge in [-0.05, 0) is 0 Å². The number of imidazole rings is 1. The molecule has 0 bridgehead atoms. The fourth-order valence-corrected chi connectivity index (χ4v) is 3.24. The predicted octanol–water partition coefficient (Wildman–Crippen LogP) is -0.336. The second kappa shape index (κ2) is 4.39. The topological polar surface area (TPSA) is 118 Å². The van der Waals surface area contributed by atoms with Crippen LogP contribution in [-0.4, -0.2) is 39.9 Å². The van der Waals surface area contributed by atoms with Crippen molar-refractivity contribution in [3.8, 4) is 0 Å². The molecule has 0 spiro atoms. The largest absolute Gasteiger partial charge is 0.374 e. The van der Waals surface area contributed by atoms with Gasteiger partial charge in [0.2, 0.25) is 9.47 Å². The molecule has 0 radical (unpaired) electrons. The Balaban J connectivity index is 2.21. The minimum atomic E-state index is -3.66. The van der Waals surface area contributed by atoms with Crippen LogP contribution in [-0.2, 0) is 16.6 Å². The number of rotatable bonds is 4. The summed E-state index contributed by atoms with van der Waals surface area (Å²) in [6.07, 6.45) is 3.18. The molecule has 10 heteroatoms. The first-order chi connectivity index (χ1) is 8.00. The number of aromatic nitrogens is 4. The Kier molecular flexibility index (Phi) is 3.09. The number of H-pyrrole nitrogens is 1. The van der Waals surface area contributed by atoms with Gasteiger partial charge >= 0.3 is 0 Å². The van der Waals surface area contributed by atoms with Crippen molar-refractivity contribution in [2.75, 3.05) is 12.8 Å². The zero-order valence-corrected chi connectivity index (χ0v) is 10.5. The van der Waals surface area contributed by atoms with E-state index < -0.39 is 10.0 Å². The Hall–Kier alpha value is -1.52. The number of hydrogen-bond acceptors (Lipinski definition) is 7. The van der Waals surface area contributed by atoms with Gasteiger partial charge in [0.1, 0.15) is 5.82 Å². The second-order valence-corrected chi connectivity index (χ2v) is 6.43. The molecule has 2 heterocycles. The molecule has 8 nitrogen and oxygen atoms in total. The van der Waals surface area contributed by atoms with Crippen molar-refractivity contribution in [1.82, 2.24) is 24.5 Å². The molecule has 3 N–H and O–H groups in total. The van der Waals surface area contributed by atoms with Crippen LogP contribution in [0.3, 0.4) is 0 Å². The minimum Gasteiger partial charge on any atom is -0.374 e. The summed E-state index contributed by atoms with van der Waals surface area (Å²) >= 11 is 0.831. The maximum absolute atomic E-state index is 12.0. The SMILES string of the molecule is CN(Cc1ncc[nH]1)S(=O)(=O)c1nnc(N)s1. The van der Waals surface area contributed by atoms with Gasteiger partial charge in [0.25, 0.3) is 10.0 Å². The number of aromatic amines is 1. The van der Waals surface area contributed by atoms with E-state index in [-0.39, 0.29) is 16.0 Å². The average Bonchev–Trinajstić information content (AvgIpc) is 2.89. The van der Waals surface area contributed by atoms with Crippen molar-refractivity contribution < 1.29 is 8.42 Å². The van der Waals surface area contributed by atoms with Crippen LogP contribution in [0.15, 0.2) is 16.7 Å². The molecule has 2 aromatic rings. The minimum absolute atomic E-state index is 0.120. The Labute approximate surface area is 102 Å². The molecular weight excluding hydrogens is 264 g/mol. The Bertz CT molecular complexity index is 590. The van der Waals surface area contributed by atoms with Gasteiger partial charge in [0.05, 0.1) is 6.54 Å². The summed E-state index contributed by atoms with van der Waals surface area (Å²) < 4.78 is 25.0. The van der Waals surface area contributed by atoms with Gasteiger partial charge in [0, 0.05) is 19.4 Å². The summed E-state index contributed by atoms with van der Waals surface area (Å²) in [6, 6.07) is 0. The molecule has 0 saturated heterocycles. The number of nitrogens with zero attached hydrogens (tertiary/aromatic N) is 4. The number of sulfonamides is 1. The number of anilines is 1. The fraction of sp³-hybridized carbons (Fsp3) is 0.286. The van der Waals surface area contributed by atoms with Crippen LogP contribution >= 0.6 is 11.3 Å². The molecule has 0 aliphatic heterocycles. The highest BCUT2D eigenvalue weighted by Gasteiger charge is 2.25. The highest BCUT2D eigenvalue weighted by Crippen LogP contribution is 2.20. The Morgan fingerprint density at radius 1 is 1.53 bits per heavy atom. The molecule has 0 saturated carbocycles. The molecule has 2 rings (SSSR count). The third-order valence-electron chi connectivity index (χ3n) is 1.98. The molecule has 0 unspecified atom stereocenters. The van der Waals surface area contributed by atoms with E-state index in [1.54, 1.807) is 12.4 Å². The van der Waals surface area contributed by atoms with Gasteiger partial charge in [-0.25, -0.2) is 13.4 Å². The molecule has 2 aromatic heterocycles. The molecule has 17 heavy (non-hydrogen) atoms. The first-order valence-electron chi connectivity index (χ1n) is 4.53. The highest BCUT2D eigenvalue weighted by atomic mass is 32.2. The Morgan fingerprint density at radius 3 is 2.82 bits per heavy atom. The van der Waals surface area contributed by atoms with Gasteiger partial charge < -0.3 is 10.7 Å². The molecule has 0 amide bonds. The summed E-state index contributed by atoms with van der Waals surface area (Å²) in [5.41, 5.74) is 5.35. The number of nitrogens with two attached hydrogens (primary N) is 1. The van der Waals surface area contributed by atoms with Crippen molar-refractivity contribution in [3.05, 3.63) is 18.2 Å². The predicted molar refractivity (Wildman–Crippen MR) is 61.6 cm³/mol. The monoisotopic (exact) mass is 274 g/mol. The maximum Gasteiger partial charge on any atom is 0.272 e. The van der Waals surface area contributed by atoms with Crippen molar-refractivity contribution in [1.29, 1.82) is 0 Å². The molecular formula is C7H10N6O2S2. The summed E-state index contributed by atoms with van der Waals surface area (Å²) in [6.45, 7) is 0.134. The number of nitrogens with one attached hydrogen (secondary N) is 1. The first-order valence-corrected chi connectivity index (χ1v) is 6.79. The lowest BCUT2D eigenvalue weighted by molar-refractivity contribution is 0.457. The lowest BCUT2D eigenvalue weighted by Crippen LogP contribution is -2.26. The van der Waals surface area contributed by atoms with E-state index in [9.17, 15) is 8.42 Å². The molecule has 0 atom stereocenters. The third kappa shape index (κ3) is 2.43. The lowest BCUT2D eigenvalue weighted by Gasteiger charge is -2.12. The van der Waals surface area contributed by atoms with E-state index >= 15 is 0 Å². The molecule has 0 aromatic carbocycles. The van der Waals surface area contributed by atoms with Crippen LogP contribution in [0.2, 0.25) is 0 Å². The van der Waals surface area contributed by atoms with E-state index in [2.05, 4.69) is 20.2 Å². The first kappa shape index (κ1) is 12.0. The van der Waals surface area contributed by atoms with Crippen LogP contribution in [0.5, 0.6) is 0 Å². The zero-order chi connectivity index (χ0) is 12.5. The molecule has 0 aliphatic rings. The van der Waals surface area contributed by atoms with Gasteiger partial charge in [0.15, 0.2) is 0 Å². The smallest absolute Gasteiger partial charge is 0.272 e. The van der Waals surface area contributed by atoms with E-state index in [1.165, 1.54) is 7.05 Å². The van der Waals surface area contributed by atoms with Crippen molar-refractivity contribution in [3.63, 3.8) is 0 Å². The quantitative estimate of drug-likeness (QED) is 0.787. The lowest BCUT2D eigenvalue weighted by atomic mass is 10.6. The number of nitrogen functional groups attached to an aromatic ring is 1. The number of hydrogen-bond donors (Lipinski definition) is 2. The van der Waals surface area contributed by atoms with Crippen molar-refractivity contribution >= 4 is 26.5 Å². The van der Waals surface area contributed by atoms with Crippen LogP contribution < -0.4 is 5.73 Å². The molecule has 92 valence electrons. The fourth-order valence-electron chi connectivity index (χ4n) is 1.14. The second-order valence-electron chi connectivity index (χ2n) is 3.20. The molecule has 0 aliphatic carbocycles. The Morgan fingerprint density at radius 2 is 2.29 bits per heavy atom.